The lowest BCUT2D eigenvalue weighted by Crippen LogP contribution is -2.15. The van der Waals surface area contributed by atoms with Crippen molar-refractivity contribution < 1.29 is 9.53 Å². The van der Waals surface area contributed by atoms with Crippen LogP contribution in [0, 0.1) is 0 Å². The Hall–Kier alpha value is -1.72. The van der Waals surface area contributed by atoms with Crippen LogP contribution in [0.1, 0.15) is 6.42 Å². The molecule has 21 heavy (non-hydrogen) atoms. The summed E-state index contributed by atoms with van der Waals surface area (Å²) in [5, 5.41) is 3.30. The van der Waals surface area contributed by atoms with Gasteiger partial charge in [-0.3, -0.25) is 4.79 Å². The van der Waals surface area contributed by atoms with Gasteiger partial charge in [-0.2, -0.15) is 0 Å². The fraction of sp³-hybridized carbons (Fsp3) is 0.133. The van der Waals surface area contributed by atoms with Gasteiger partial charge in [-0.25, -0.2) is 0 Å². The predicted molar refractivity (Wildman–Crippen MR) is 88.7 cm³/mol. The van der Waals surface area contributed by atoms with Crippen molar-refractivity contribution in [3.63, 3.8) is 0 Å². The molecule has 0 aromatic heterocycles. The van der Waals surface area contributed by atoms with Crippen LogP contribution in [0.5, 0.6) is 5.75 Å². The molecule has 0 heterocycles. The Morgan fingerprint density at radius 1 is 1.29 bits per heavy atom. The average Bonchev–Trinajstić information content (AvgIpc) is 2.43. The molecule has 0 radical (unpaired) electrons. The molecule has 3 N–H and O–H groups in total. The fourth-order valence-electron chi connectivity index (χ4n) is 1.66. The van der Waals surface area contributed by atoms with Crippen LogP contribution < -0.4 is 15.8 Å². The third kappa shape index (κ3) is 4.95. The first kappa shape index (κ1) is 15.7. The Kier molecular flexibility index (Phi) is 5.47. The number of carbonyl (C=O) groups is 1. The molecule has 0 aliphatic rings. The van der Waals surface area contributed by atoms with Crippen molar-refractivity contribution in [2.75, 3.05) is 17.7 Å². The van der Waals surface area contributed by atoms with Gasteiger partial charge < -0.3 is 15.8 Å². The van der Waals surface area contributed by atoms with Crippen LogP contribution in [-0.2, 0) is 4.79 Å². The molecule has 0 fully saturated rings. The van der Waals surface area contributed by atoms with E-state index in [0.29, 0.717) is 22.1 Å². The number of hydrogen-bond donors (Lipinski definition) is 2. The van der Waals surface area contributed by atoms with Gasteiger partial charge in [-0.05, 0) is 46.3 Å². The van der Waals surface area contributed by atoms with Crippen LogP contribution in [0.25, 0.3) is 0 Å². The van der Waals surface area contributed by atoms with Gasteiger partial charge in [0.25, 0.3) is 0 Å². The maximum absolute atomic E-state index is 11.8. The molecule has 1 amide bonds. The summed E-state index contributed by atoms with van der Waals surface area (Å²) >= 11 is 9.26. The molecule has 0 atom stereocenters. The predicted octanol–water partition coefficient (Wildman–Crippen LogP) is 4.09. The summed E-state index contributed by atoms with van der Waals surface area (Å²) in [4.78, 5) is 11.8. The maximum Gasteiger partial charge on any atom is 0.227 e. The Balaban J connectivity index is 1.81. The van der Waals surface area contributed by atoms with Crippen LogP contribution >= 0.6 is 27.5 Å². The lowest BCUT2D eigenvalue weighted by atomic mass is 10.3. The molecule has 6 heteroatoms. The van der Waals surface area contributed by atoms with Gasteiger partial charge in [0.2, 0.25) is 5.91 Å². The van der Waals surface area contributed by atoms with Gasteiger partial charge in [-0.1, -0.05) is 17.7 Å². The van der Waals surface area contributed by atoms with E-state index in [9.17, 15) is 4.79 Å². The second-order valence-corrected chi connectivity index (χ2v) is 5.61. The molecular formula is C15H14BrClN2O2. The van der Waals surface area contributed by atoms with E-state index in [0.717, 1.165) is 4.47 Å². The standard InChI is InChI=1S/C15H14BrClN2O2/c16-13-5-4-11(9-14(13)17)19-15(20)6-7-21-12-3-1-2-10(18)8-12/h1-5,8-9H,6-7,18H2,(H,19,20). The summed E-state index contributed by atoms with van der Waals surface area (Å²) < 4.78 is 6.25. The van der Waals surface area contributed by atoms with E-state index in [1.165, 1.54) is 0 Å². The van der Waals surface area contributed by atoms with Crippen LogP contribution in [0.15, 0.2) is 46.9 Å². The number of halogens is 2. The van der Waals surface area contributed by atoms with Crippen LogP contribution in [0.4, 0.5) is 11.4 Å². The molecule has 0 saturated carbocycles. The average molecular weight is 370 g/mol. The van der Waals surface area contributed by atoms with E-state index < -0.39 is 0 Å². The topological polar surface area (TPSA) is 64.3 Å². The molecule has 2 aromatic rings. The van der Waals surface area contributed by atoms with Gasteiger partial charge in [-0.15, -0.1) is 0 Å². The zero-order valence-corrected chi connectivity index (χ0v) is 13.4. The summed E-state index contributed by atoms with van der Waals surface area (Å²) in [7, 11) is 0. The van der Waals surface area contributed by atoms with E-state index in [4.69, 9.17) is 22.1 Å². The molecule has 0 unspecified atom stereocenters. The quantitative estimate of drug-likeness (QED) is 0.780. The Bertz CT molecular complexity index is 649. The highest BCUT2D eigenvalue weighted by molar-refractivity contribution is 9.10. The second-order valence-electron chi connectivity index (χ2n) is 4.35. The van der Waals surface area contributed by atoms with Crippen LogP contribution in [0.3, 0.4) is 0 Å². The lowest BCUT2D eigenvalue weighted by Gasteiger charge is -2.08. The number of nitrogens with two attached hydrogens (primary N) is 1. The van der Waals surface area contributed by atoms with Crippen molar-refractivity contribution in [1.29, 1.82) is 0 Å². The highest BCUT2D eigenvalue weighted by Gasteiger charge is 2.05. The third-order valence-corrected chi connectivity index (χ3v) is 3.89. The highest BCUT2D eigenvalue weighted by atomic mass is 79.9. The minimum atomic E-state index is -0.141. The largest absolute Gasteiger partial charge is 0.493 e. The molecule has 4 nitrogen and oxygen atoms in total. The van der Waals surface area contributed by atoms with Gasteiger partial charge in [0.15, 0.2) is 0 Å². The SMILES string of the molecule is Nc1cccc(OCCC(=O)Nc2ccc(Br)c(Cl)c2)c1. The van der Waals surface area contributed by atoms with Crippen LogP contribution in [-0.4, -0.2) is 12.5 Å². The third-order valence-electron chi connectivity index (χ3n) is 2.66. The number of carbonyl (C=O) groups excluding carboxylic acids is 1. The number of ether oxygens (including phenoxy) is 1. The highest BCUT2D eigenvalue weighted by Crippen LogP contribution is 2.25. The number of nitrogen functional groups attached to an aromatic ring is 1. The van der Waals surface area contributed by atoms with Gasteiger partial charge in [0.05, 0.1) is 18.1 Å². The normalized spacial score (nSPS) is 10.2. The van der Waals surface area contributed by atoms with Crippen molar-refractivity contribution in [3.8, 4) is 5.75 Å². The monoisotopic (exact) mass is 368 g/mol. The smallest absolute Gasteiger partial charge is 0.227 e. The first-order chi connectivity index (χ1) is 10.0. The van der Waals surface area contributed by atoms with E-state index >= 15 is 0 Å². The first-order valence-electron chi connectivity index (χ1n) is 6.28. The molecule has 0 aliphatic carbocycles. The summed E-state index contributed by atoms with van der Waals surface area (Å²) in [6, 6.07) is 12.3. The minimum Gasteiger partial charge on any atom is -0.493 e. The van der Waals surface area contributed by atoms with Crippen molar-refractivity contribution in [3.05, 3.63) is 52.0 Å². The zero-order valence-electron chi connectivity index (χ0n) is 11.1. The molecule has 2 rings (SSSR count). The van der Waals surface area contributed by atoms with E-state index in [1.807, 2.05) is 0 Å². The molecule has 0 bridgehead atoms. The minimum absolute atomic E-state index is 0.141. The molecule has 110 valence electrons. The van der Waals surface area contributed by atoms with Gasteiger partial charge in [0, 0.05) is 21.9 Å². The number of nitrogens with one attached hydrogen (secondary N) is 1. The summed E-state index contributed by atoms with van der Waals surface area (Å²) in [6.45, 7) is 0.277. The maximum atomic E-state index is 11.8. The first-order valence-corrected chi connectivity index (χ1v) is 7.45. The van der Waals surface area contributed by atoms with Crippen molar-refractivity contribution in [1.82, 2.24) is 0 Å². The van der Waals surface area contributed by atoms with Crippen molar-refractivity contribution >= 4 is 44.8 Å². The number of rotatable bonds is 5. The van der Waals surface area contributed by atoms with Crippen molar-refractivity contribution in [2.45, 2.75) is 6.42 Å². The Morgan fingerprint density at radius 2 is 2.10 bits per heavy atom. The zero-order chi connectivity index (χ0) is 15.2. The lowest BCUT2D eigenvalue weighted by molar-refractivity contribution is -0.116. The number of anilines is 2. The number of benzene rings is 2. The fourth-order valence-corrected chi connectivity index (χ4v) is 2.09. The van der Waals surface area contributed by atoms with Gasteiger partial charge >= 0.3 is 0 Å². The van der Waals surface area contributed by atoms with Crippen LogP contribution in [0.2, 0.25) is 5.02 Å². The molecular weight excluding hydrogens is 356 g/mol. The van der Waals surface area contributed by atoms with E-state index in [2.05, 4.69) is 21.2 Å². The molecule has 2 aromatic carbocycles. The molecule has 0 spiro atoms. The van der Waals surface area contributed by atoms with E-state index in [-0.39, 0.29) is 18.9 Å². The number of hydrogen-bond acceptors (Lipinski definition) is 3. The van der Waals surface area contributed by atoms with E-state index in [1.54, 1.807) is 42.5 Å². The molecule has 0 aliphatic heterocycles. The summed E-state index contributed by atoms with van der Waals surface area (Å²) in [5.74, 6) is 0.506. The molecule has 0 saturated heterocycles. The van der Waals surface area contributed by atoms with Crippen molar-refractivity contribution in [2.24, 2.45) is 0 Å². The summed E-state index contributed by atoms with van der Waals surface area (Å²) in [5.41, 5.74) is 6.92. The second kappa shape index (κ2) is 7.33. The Morgan fingerprint density at radius 3 is 2.81 bits per heavy atom. The summed E-state index contributed by atoms with van der Waals surface area (Å²) in [6.07, 6.45) is 0.239. The number of amides is 1. The Labute approximate surface area is 136 Å². The van der Waals surface area contributed by atoms with Gasteiger partial charge in [0.1, 0.15) is 5.75 Å².